The van der Waals surface area contributed by atoms with Gasteiger partial charge in [-0.25, -0.2) is 0 Å². The Bertz CT molecular complexity index is 776. The van der Waals surface area contributed by atoms with Crippen LogP contribution < -0.4 is 10.6 Å². The summed E-state index contributed by atoms with van der Waals surface area (Å²) in [5, 5.41) is 5.56. The fraction of sp³-hybridized carbons (Fsp3) is 0.600. The molecule has 0 aliphatic carbocycles. The molecule has 0 fully saturated rings. The van der Waals surface area contributed by atoms with Gasteiger partial charge in [-0.3, -0.25) is 4.79 Å². The summed E-state index contributed by atoms with van der Waals surface area (Å²) >= 11 is 5.09. The van der Waals surface area contributed by atoms with Crippen LogP contribution in [0.3, 0.4) is 0 Å². The van der Waals surface area contributed by atoms with Crippen LogP contribution >= 0.6 is 12.2 Å². The van der Waals surface area contributed by atoms with E-state index < -0.39 is 15.9 Å². The minimum absolute atomic E-state index is 0.107. The molecule has 2 atom stereocenters. The highest BCUT2D eigenvalue weighted by Gasteiger charge is 2.40. The second-order valence-corrected chi connectivity index (χ2v) is 7.98. The maximum Gasteiger partial charge on any atom is 0.311 e. The minimum atomic E-state index is -2.62. The molecule has 0 aliphatic rings. The molecule has 7 nitrogen and oxygen atoms in total. The summed E-state index contributed by atoms with van der Waals surface area (Å²) in [6.45, 7) is 1.95. The summed E-state index contributed by atoms with van der Waals surface area (Å²) in [4.78, 5) is 13.2. The Morgan fingerprint density at radius 2 is 1.90 bits per heavy atom. The lowest BCUT2D eigenvalue weighted by Crippen LogP contribution is -2.51. The number of ether oxygens (including phenoxy) is 1. The number of methoxy groups -OCH3 is 1. The Hall–Kier alpha value is -1.84. The maximum absolute atomic E-state index is 13.2. The lowest BCUT2D eigenvalue weighted by atomic mass is 9.75. The normalized spacial score (nSPS) is 13.8. The Labute approximate surface area is 180 Å². The number of rotatable bonds is 12. The van der Waals surface area contributed by atoms with Crippen LogP contribution in [0.25, 0.3) is 0 Å². The molecule has 1 amide bonds. The molecule has 0 radical (unpaired) electrons. The van der Waals surface area contributed by atoms with Crippen molar-refractivity contribution in [1.29, 1.82) is 0 Å². The minimum Gasteiger partial charge on any atom is -0.381 e. The van der Waals surface area contributed by atoms with Gasteiger partial charge in [0.2, 0.25) is 5.91 Å². The van der Waals surface area contributed by atoms with Gasteiger partial charge in [0, 0.05) is 14.2 Å². The molecule has 162 valence electrons. The van der Waals surface area contributed by atoms with Crippen LogP contribution in [-0.4, -0.2) is 46.2 Å². The van der Waals surface area contributed by atoms with Crippen LogP contribution in [0.5, 0.6) is 0 Å². The first-order valence-corrected chi connectivity index (χ1v) is 11.2. The zero-order valence-electron chi connectivity index (χ0n) is 17.3. The molecule has 0 bridgehead atoms. The second-order valence-electron chi connectivity index (χ2n) is 6.88. The maximum atomic E-state index is 13.2. The molecule has 2 N–H and O–H groups in total. The zero-order chi connectivity index (χ0) is 21.7. The molecule has 0 heterocycles. The van der Waals surface area contributed by atoms with Gasteiger partial charge in [0.05, 0.1) is 18.1 Å². The van der Waals surface area contributed by atoms with Gasteiger partial charge in [-0.2, -0.15) is 12.8 Å². The third-order valence-electron chi connectivity index (χ3n) is 5.00. The van der Waals surface area contributed by atoms with E-state index in [1.54, 1.807) is 14.2 Å². The van der Waals surface area contributed by atoms with E-state index >= 15 is 0 Å². The summed E-state index contributed by atoms with van der Waals surface area (Å²) in [5.74, 6) is -0.375. The van der Waals surface area contributed by atoms with Crippen LogP contribution in [-0.2, 0) is 25.4 Å². The second kappa shape index (κ2) is 13.4. The third-order valence-corrected chi connectivity index (χ3v) is 5.64. The molecule has 0 saturated heterocycles. The Morgan fingerprint density at radius 1 is 1.24 bits per heavy atom. The predicted molar refractivity (Wildman–Crippen MR) is 118 cm³/mol. The van der Waals surface area contributed by atoms with Crippen molar-refractivity contribution in [2.75, 3.05) is 20.7 Å². The average molecular weight is 442 g/mol. The van der Waals surface area contributed by atoms with Gasteiger partial charge in [-0.05, 0) is 43.5 Å². The Balaban J connectivity index is 3.20. The quantitative estimate of drug-likeness (QED) is 0.484. The number of amides is 1. The van der Waals surface area contributed by atoms with E-state index in [9.17, 15) is 13.2 Å². The number of hydrogen-bond donors (Lipinski definition) is 2. The summed E-state index contributed by atoms with van der Waals surface area (Å²) < 4.78 is 31.6. The molecule has 0 aliphatic heterocycles. The highest BCUT2D eigenvalue weighted by Crippen LogP contribution is 2.32. The number of thiocarbonyl (C=S) groups is 1. The van der Waals surface area contributed by atoms with E-state index in [1.165, 1.54) is 0 Å². The van der Waals surface area contributed by atoms with Crippen LogP contribution in [0.4, 0.5) is 0 Å². The van der Waals surface area contributed by atoms with Crippen molar-refractivity contribution in [1.82, 2.24) is 10.6 Å². The molecule has 1 rings (SSSR count). The fourth-order valence-corrected chi connectivity index (χ4v) is 3.70. The van der Waals surface area contributed by atoms with Gasteiger partial charge in [-0.15, -0.1) is 0 Å². The summed E-state index contributed by atoms with van der Waals surface area (Å²) in [5.41, 5.74) is -0.446. The molecule has 0 spiro atoms. The lowest BCUT2D eigenvalue weighted by molar-refractivity contribution is -0.125. The van der Waals surface area contributed by atoms with Crippen molar-refractivity contribution in [3.63, 3.8) is 0 Å². The molecular formula is C20H31N3O4S2. The van der Waals surface area contributed by atoms with Crippen molar-refractivity contribution < 1.29 is 17.9 Å². The van der Waals surface area contributed by atoms with Gasteiger partial charge in [0.25, 0.3) is 0 Å². The molecule has 1 aromatic carbocycles. The van der Waals surface area contributed by atoms with Crippen LogP contribution in [0.2, 0.25) is 0 Å². The SMILES string of the molecule is CCCCC(CCCC(CN=S(=O)=O)(C(=O)NC(=S)NC)c1ccccc1)OC. The molecular weight excluding hydrogens is 410 g/mol. The third kappa shape index (κ3) is 8.20. The van der Waals surface area contributed by atoms with E-state index in [4.69, 9.17) is 17.0 Å². The zero-order valence-corrected chi connectivity index (χ0v) is 18.9. The number of hydrogen-bond acceptors (Lipinski definition) is 6. The lowest BCUT2D eigenvalue weighted by Gasteiger charge is -2.31. The Morgan fingerprint density at radius 3 is 2.45 bits per heavy atom. The monoisotopic (exact) mass is 441 g/mol. The first-order valence-electron chi connectivity index (χ1n) is 9.78. The summed E-state index contributed by atoms with van der Waals surface area (Å²) in [6.07, 6.45) is 5.09. The summed E-state index contributed by atoms with van der Waals surface area (Å²) in [7, 11) is 0.690. The number of unbranched alkanes of at least 4 members (excludes halogenated alkanes) is 1. The average Bonchev–Trinajstić information content (AvgIpc) is 2.73. The van der Waals surface area contributed by atoms with E-state index in [1.807, 2.05) is 30.3 Å². The van der Waals surface area contributed by atoms with Crippen LogP contribution in [0, 0.1) is 0 Å². The number of carbonyl (C=O) groups excluding carboxylic acids is 1. The largest absolute Gasteiger partial charge is 0.381 e. The van der Waals surface area contributed by atoms with E-state index in [2.05, 4.69) is 21.9 Å². The molecule has 0 saturated carbocycles. The first-order chi connectivity index (χ1) is 13.9. The molecule has 9 heteroatoms. The molecule has 2 unspecified atom stereocenters. The van der Waals surface area contributed by atoms with Crippen molar-refractivity contribution in [3.05, 3.63) is 35.9 Å². The van der Waals surface area contributed by atoms with Crippen LogP contribution in [0.1, 0.15) is 51.0 Å². The molecule has 0 aromatic heterocycles. The smallest absolute Gasteiger partial charge is 0.311 e. The van der Waals surface area contributed by atoms with Gasteiger partial charge in [0.15, 0.2) is 5.11 Å². The molecule has 29 heavy (non-hydrogen) atoms. The van der Waals surface area contributed by atoms with Crippen molar-refractivity contribution in [2.24, 2.45) is 4.36 Å². The summed E-state index contributed by atoms with van der Waals surface area (Å²) in [6, 6.07) is 9.12. The highest BCUT2D eigenvalue weighted by atomic mass is 32.2. The predicted octanol–water partition coefficient (Wildman–Crippen LogP) is 2.98. The van der Waals surface area contributed by atoms with Crippen molar-refractivity contribution in [3.8, 4) is 0 Å². The van der Waals surface area contributed by atoms with Gasteiger partial charge in [-0.1, -0.05) is 50.1 Å². The number of carbonyl (C=O) groups is 1. The van der Waals surface area contributed by atoms with Gasteiger partial charge in [0.1, 0.15) is 0 Å². The van der Waals surface area contributed by atoms with Crippen molar-refractivity contribution >= 4 is 33.7 Å². The van der Waals surface area contributed by atoms with E-state index in [0.717, 1.165) is 25.7 Å². The first kappa shape index (κ1) is 25.2. The number of nitrogens with one attached hydrogen (secondary N) is 2. The van der Waals surface area contributed by atoms with Gasteiger partial charge >= 0.3 is 10.5 Å². The van der Waals surface area contributed by atoms with Gasteiger partial charge < -0.3 is 15.4 Å². The van der Waals surface area contributed by atoms with Crippen molar-refractivity contribution in [2.45, 2.75) is 57.0 Å². The topological polar surface area (TPSA) is 96.9 Å². The van der Waals surface area contributed by atoms with Crippen LogP contribution in [0.15, 0.2) is 34.7 Å². The fourth-order valence-electron chi connectivity index (χ4n) is 3.28. The number of nitrogens with zero attached hydrogens (tertiary/aromatic N) is 1. The van der Waals surface area contributed by atoms with E-state index in [0.29, 0.717) is 18.4 Å². The van der Waals surface area contributed by atoms with E-state index in [-0.39, 0.29) is 23.7 Å². The molecule has 1 aromatic rings. The number of benzene rings is 1. The Kier molecular flexibility index (Phi) is 11.6. The highest BCUT2D eigenvalue weighted by molar-refractivity contribution is 7.80. The standard InChI is InChI=1S/C20H31N3O4S2/c1-4-5-12-17(27-3)13-9-14-20(15-22-29(25)26,16-10-7-6-8-11-16)18(24)23-19(28)21-2/h6-8,10-11,17H,4-5,9,12-15H2,1-3H3,(H2,21,23,24,28).